The van der Waals surface area contributed by atoms with E-state index in [1.807, 2.05) is 0 Å². The zero-order valence-electron chi connectivity index (χ0n) is 17.7. The number of rotatable bonds is 1. The van der Waals surface area contributed by atoms with E-state index in [0.717, 1.165) is 6.42 Å². The Hall–Kier alpha value is -2.97. The first-order chi connectivity index (χ1) is 15.0. The Kier molecular flexibility index (Phi) is 5.46. The fourth-order valence-electron chi connectivity index (χ4n) is 4.21. The molecule has 1 aliphatic carbocycles. The first-order valence-corrected chi connectivity index (χ1v) is 11.2. The number of alkyl halides is 3. The Morgan fingerprint density at radius 2 is 1.62 bits per heavy atom. The molecule has 0 fully saturated rings. The second-order valence-corrected chi connectivity index (χ2v) is 9.37. The van der Waals surface area contributed by atoms with Crippen LogP contribution in [0.4, 0.5) is 13.2 Å². The van der Waals surface area contributed by atoms with Gasteiger partial charge in [0.05, 0.1) is 23.4 Å². The van der Waals surface area contributed by atoms with Crippen LogP contribution >= 0.6 is 0 Å². The molecule has 4 nitrogen and oxygen atoms in total. The van der Waals surface area contributed by atoms with Gasteiger partial charge in [0.25, 0.3) is 0 Å². The third kappa shape index (κ3) is 3.63. The molecule has 1 aliphatic rings. The minimum Gasteiger partial charge on any atom is -0.267 e. The van der Waals surface area contributed by atoms with E-state index >= 15 is 0 Å². The van der Waals surface area contributed by atoms with Crippen LogP contribution in [0.2, 0.25) is 0 Å². The molecule has 4 aromatic rings. The lowest BCUT2D eigenvalue weighted by Gasteiger charge is -2.19. The van der Waals surface area contributed by atoms with E-state index in [9.17, 15) is 21.6 Å². The lowest BCUT2D eigenvalue weighted by molar-refractivity contribution is -0.632. The fraction of sp³-hybridized carbons (Fsp3) is 0.208. The Balaban J connectivity index is 0.000000234. The zero-order chi connectivity index (χ0) is 23.3. The summed E-state index contributed by atoms with van der Waals surface area (Å²) in [4.78, 5) is 0. The van der Waals surface area contributed by atoms with Gasteiger partial charge in [0.2, 0.25) is 11.2 Å². The monoisotopic (exact) mass is 460 g/mol. The number of pyridine rings is 1. The fourth-order valence-corrected chi connectivity index (χ4v) is 4.40. The lowest BCUT2D eigenvalue weighted by atomic mass is 9.85. The highest BCUT2D eigenvalue weighted by molar-refractivity contribution is 7.87. The van der Waals surface area contributed by atoms with E-state index in [1.165, 1.54) is 49.6 Å². The smallest absolute Gasteiger partial charge is 0.267 e. The topological polar surface area (TPSA) is 47.3 Å². The first-order valence-electron chi connectivity index (χ1n) is 9.84. The van der Waals surface area contributed by atoms with Crippen molar-refractivity contribution in [3.63, 3.8) is 0 Å². The molecular weight excluding hydrogens is 439 g/mol. The number of benzene rings is 3. The van der Waals surface area contributed by atoms with Crippen LogP contribution in [0.5, 0.6) is 0 Å². The van der Waals surface area contributed by atoms with Gasteiger partial charge >= 0.3 is 15.6 Å². The molecule has 8 heteroatoms. The Labute approximate surface area is 184 Å². The van der Waals surface area contributed by atoms with Gasteiger partial charge in [0, 0.05) is 11.5 Å². The number of fused-ring (bicyclic) bond motifs is 4. The van der Waals surface area contributed by atoms with Crippen molar-refractivity contribution in [3.05, 3.63) is 77.4 Å². The van der Waals surface area contributed by atoms with Crippen molar-refractivity contribution >= 4 is 31.8 Å². The maximum absolute atomic E-state index is 11.1. The molecule has 32 heavy (non-hydrogen) atoms. The van der Waals surface area contributed by atoms with Gasteiger partial charge in [-0.25, -0.2) is 0 Å². The standard InChI is InChI=1S/C22H18N.C2H3F3O3S/c1-14-10-11-18-19-9-5-7-16-13-15-6-3-4-8-17(15)22(21(16)19)23(2)20(18)12-14;1-8-9(6,7)2(3,4)5/h3-12H,13H2,1-2H3;1H3/q+1;. The van der Waals surface area contributed by atoms with Gasteiger partial charge in [0.1, 0.15) is 7.05 Å². The minimum absolute atomic E-state index is 0.447. The van der Waals surface area contributed by atoms with Crippen molar-refractivity contribution in [1.29, 1.82) is 0 Å². The van der Waals surface area contributed by atoms with Gasteiger partial charge < -0.3 is 0 Å². The average Bonchev–Trinajstić information content (AvgIpc) is 2.76. The average molecular weight is 460 g/mol. The van der Waals surface area contributed by atoms with E-state index in [0.29, 0.717) is 7.11 Å². The van der Waals surface area contributed by atoms with Crippen LogP contribution in [0.3, 0.4) is 0 Å². The summed E-state index contributed by atoms with van der Waals surface area (Å²) in [5.74, 6) is 0. The molecule has 0 amide bonds. The molecule has 0 unspecified atom stereocenters. The zero-order valence-corrected chi connectivity index (χ0v) is 18.5. The molecule has 0 aliphatic heterocycles. The quantitative estimate of drug-likeness (QED) is 0.150. The summed E-state index contributed by atoms with van der Waals surface area (Å²) in [6, 6.07) is 22.4. The summed E-state index contributed by atoms with van der Waals surface area (Å²) >= 11 is 0. The molecule has 0 radical (unpaired) electrons. The molecule has 0 bridgehead atoms. The van der Waals surface area contributed by atoms with Gasteiger partial charge in [0.15, 0.2) is 0 Å². The van der Waals surface area contributed by atoms with Gasteiger partial charge in [-0.15, -0.1) is 0 Å². The normalized spacial score (nSPS) is 12.9. The summed E-state index contributed by atoms with van der Waals surface area (Å²) < 4.78 is 58.2. The van der Waals surface area contributed by atoms with E-state index in [4.69, 9.17) is 0 Å². The molecule has 0 N–H and O–H groups in total. The van der Waals surface area contributed by atoms with Gasteiger partial charge in [-0.2, -0.15) is 26.2 Å². The molecule has 1 heterocycles. The summed E-state index contributed by atoms with van der Waals surface area (Å²) in [5, 5.41) is 4.14. The molecule has 166 valence electrons. The molecule has 0 saturated heterocycles. The van der Waals surface area contributed by atoms with Crippen molar-refractivity contribution in [1.82, 2.24) is 0 Å². The van der Waals surface area contributed by atoms with Crippen molar-refractivity contribution in [2.24, 2.45) is 7.05 Å². The summed E-state index contributed by atoms with van der Waals surface area (Å²) in [7, 11) is -2.68. The highest BCUT2D eigenvalue weighted by Crippen LogP contribution is 2.39. The molecule has 0 atom stereocenters. The summed E-state index contributed by atoms with van der Waals surface area (Å²) in [6.07, 6.45) is 1.03. The maximum atomic E-state index is 11.1. The van der Waals surface area contributed by atoms with Crippen LogP contribution in [-0.2, 0) is 27.8 Å². The molecule has 0 spiro atoms. The summed E-state index contributed by atoms with van der Waals surface area (Å²) in [5.41, 5.74) is 2.91. The third-order valence-electron chi connectivity index (χ3n) is 5.68. The maximum Gasteiger partial charge on any atom is 0.523 e. The number of halogens is 3. The predicted molar refractivity (Wildman–Crippen MR) is 118 cm³/mol. The lowest BCUT2D eigenvalue weighted by Crippen LogP contribution is -2.34. The molecule has 5 rings (SSSR count). The van der Waals surface area contributed by atoms with Crippen LogP contribution in [0.25, 0.3) is 32.9 Å². The molecule has 1 aromatic heterocycles. The Bertz CT molecular complexity index is 1460. The van der Waals surface area contributed by atoms with E-state index in [-0.39, 0.29) is 0 Å². The first kappa shape index (κ1) is 22.2. The molecule has 3 aromatic carbocycles. The number of aromatic nitrogens is 1. The largest absolute Gasteiger partial charge is 0.523 e. The van der Waals surface area contributed by atoms with Crippen molar-refractivity contribution in [2.45, 2.75) is 18.9 Å². The summed E-state index contributed by atoms with van der Waals surface area (Å²) in [6.45, 7) is 2.17. The number of nitrogens with zero attached hydrogens (tertiary/aromatic N) is 1. The van der Waals surface area contributed by atoms with Crippen LogP contribution < -0.4 is 4.57 Å². The molecular formula is C24H21F3NO3S+. The highest BCUT2D eigenvalue weighted by Gasteiger charge is 2.46. The van der Waals surface area contributed by atoms with Gasteiger partial charge in [-0.1, -0.05) is 42.5 Å². The number of hydrogen-bond donors (Lipinski definition) is 0. The molecule has 0 saturated carbocycles. The van der Waals surface area contributed by atoms with E-state index in [1.54, 1.807) is 0 Å². The van der Waals surface area contributed by atoms with Crippen molar-refractivity contribution < 1.29 is 30.3 Å². The number of hydrogen-bond acceptors (Lipinski definition) is 3. The van der Waals surface area contributed by atoms with Gasteiger partial charge in [-0.05, 0) is 42.2 Å². The second-order valence-electron chi connectivity index (χ2n) is 7.67. The third-order valence-corrected chi connectivity index (χ3v) is 6.69. The minimum atomic E-state index is -5.34. The highest BCUT2D eigenvalue weighted by atomic mass is 32.2. The second kappa shape index (κ2) is 7.86. The Morgan fingerprint density at radius 3 is 2.28 bits per heavy atom. The van der Waals surface area contributed by atoms with E-state index < -0.39 is 15.6 Å². The predicted octanol–water partition coefficient (Wildman–Crippen LogP) is 5.18. The van der Waals surface area contributed by atoms with Crippen molar-refractivity contribution in [3.8, 4) is 11.3 Å². The SMILES string of the molecule is COS(=O)(=O)C(F)(F)F.Cc1ccc2c3cccc4c3c([n+](C)c2c1)-c1ccccc1C4. The number of aryl methyl sites for hydroxylation is 2. The van der Waals surface area contributed by atoms with Gasteiger partial charge in [-0.3, -0.25) is 4.18 Å². The van der Waals surface area contributed by atoms with Crippen LogP contribution in [0.15, 0.2) is 60.7 Å². The van der Waals surface area contributed by atoms with E-state index in [2.05, 4.69) is 83.4 Å². The van der Waals surface area contributed by atoms with Crippen molar-refractivity contribution in [2.75, 3.05) is 7.11 Å². The Morgan fingerprint density at radius 1 is 0.938 bits per heavy atom. The van der Waals surface area contributed by atoms with Crippen LogP contribution in [-0.4, -0.2) is 21.0 Å². The van der Waals surface area contributed by atoms with Crippen LogP contribution in [0, 0.1) is 6.92 Å². The van der Waals surface area contributed by atoms with Crippen LogP contribution in [0.1, 0.15) is 16.7 Å².